The summed E-state index contributed by atoms with van der Waals surface area (Å²) in [4.78, 5) is 15.9. The summed E-state index contributed by atoms with van der Waals surface area (Å²) in [6.45, 7) is 0. The highest BCUT2D eigenvalue weighted by Gasteiger charge is 2.38. The van der Waals surface area contributed by atoms with Crippen LogP contribution in [0.3, 0.4) is 0 Å². The molecule has 4 nitrogen and oxygen atoms in total. The van der Waals surface area contributed by atoms with Crippen LogP contribution in [0.5, 0.6) is 0 Å². The standard InChI is InChI=1S/C12H15BrN2O2/c1-17-12(4-2-5-12)8-11(16)15-10-7-9(13)3-6-14-10/h3,6-7H,2,4-5,8H2,1H3,(H,14,15,16). The Hall–Kier alpha value is -0.940. The quantitative estimate of drug-likeness (QED) is 0.930. The van der Waals surface area contributed by atoms with Gasteiger partial charge in [0.2, 0.25) is 5.91 Å². The van der Waals surface area contributed by atoms with E-state index >= 15 is 0 Å². The van der Waals surface area contributed by atoms with Crippen LogP contribution in [0.2, 0.25) is 0 Å². The van der Waals surface area contributed by atoms with E-state index in [1.807, 2.05) is 6.07 Å². The van der Waals surface area contributed by atoms with Crippen molar-refractivity contribution in [2.75, 3.05) is 12.4 Å². The molecule has 1 aliphatic rings. The number of hydrogen-bond acceptors (Lipinski definition) is 3. The van der Waals surface area contributed by atoms with Crippen molar-refractivity contribution in [1.82, 2.24) is 4.98 Å². The smallest absolute Gasteiger partial charge is 0.228 e. The Kier molecular flexibility index (Phi) is 3.79. The van der Waals surface area contributed by atoms with Crippen molar-refractivity contribution in [1.29, 1.82) is 0 Å². The first kappa shape index (κ1) is 12.5. The van der Waals surface area contributed by atoms with Gasteiger partial charge in [0, 0.05) is 17.8 Å². The number of pyridine rings is 1. The molecule has 0 aromatic carbocycles. The summed E-state index contributed by atoms with van der Waals surface area (Å²) in [5.41, 5.74) is -0.240. The average Bonchev–Trinajstić information content (AvgIpc) is 2.23. The number of carbonyl (C=O) groups excluding carboxylic acids is 1. The molecule has 2 rings (SSSR count). The molecule has 1 heterocycles. The van der Waals surface area contributed by atoms with Crippen LogP contribution in [0.1, 0.15) is 25.7 Å². The van der Waals surface area contributed by atoms with Gasteiger partial charge in [0.1, 0.15) is 5.82 Å². The van der Waals surface area contributed by atoms with E-state index < -0.39 is 0 Å². The minimum absolute atomic E-state index is 0.0443. The SMILES string of the molecule is COC1(CC(=O)Nc2cc(Br)ccn2)CCC1. The van der Waals surface area contributed by atoms with Gasteiger partial charge in [-0.3, -0.25) is 4.79 Å². The molecule has 92 valence electrons. The molecule has 0 spiro atoms. The highest BCUT2D eigenvalue weighted by Crippen LogP contribution is 2.38. The van der Waals surface area contributed by atoms with Crippen LogP contribution in [-0.4, -0.2) is 23.6 Å². The second-order valence-electron chi connectivity index (χ2n) is 4.32. The Morgan fingerprint density at radius 1 is 1.65 bits per heavy atom. The highest BCUT2D eigenvalue weighted by molar-refractivity contribution is 9.10. The second kappa shape index (κ2) is 5.14. The Labute approximate surface area is 109 Å². The van der Waals surface area contributed by atoms with Gasteiger partial charge in [-0.25, -0.2) is 4.98 Å². The van der Waals surface area contributed by atoms with Crippen molar-refractivity contribution in [2.45, 2.75) is 31.3 Å². The van der Waals surface area contributed by atoms with Crippen LogP contribution < -0.4 is 5.32 Å². The van der Waals surface area contributed by atoms with E-state index in [0.29, 0.717) is 12.2 Å². The summed E-state index contributed by atoms with van der Waals surface area (Å²) in [5.74, 6) is 0.520. The van der Waals surface area contributed by atoms with Crippen LogP contribution in [0.15, 0.2) is 22.8 Å². The largest absolute Gasteiger partial charge is 0.378 e. The third kappa shape index (κ3) is 3.04. The molecule has 0 unspecified atom stereocenters. The summed E-state index contributed by atoms with van der Waals surface area (Å²) >= 11 is 3.34. The van der Waals surface area contributed by atoms with Gasteiger partial charge in [-0.2, -0.15) is 0 Å². The predicted octanol–water partition coefficient (Wildman–Crippen LogP) is 2.74. The molecule has 0 aliphatic heterocycles. The third-order valence-electron chi connectivity index (χ3n) is 3.17. The fraction of sp³-hybridized carbons (Fsp3) is 0.500. The average molecular weight is 299 g/mol. The number of aromatic nitrogens is 1. The number of hydrogen-bond donors (Lipinski definition) is 1. The molecule has 0 radical (unpaired) electrons. The monoisotopic (exact) mass is 298 g/mol. The van der Waals surface area contributed by atoms with Crippen molar-refractivity contribution in [3.8, 4) is 0 Å². The second-order valence-corrected chi connectivity index (χ2v) is 5.24. The highest BCUT2D eigenvalue weighted by atomic mass is 79.9. The molecule has 1 fully saturated rings. The lowest BCUT2D eigenvalue weighted by Crippen LogP contribution is -2.42. The van der Waals surface area contributed by atoms with Gasteiger partial charge in [0.15, 0.2) is 0 Å². The van der Waals surface area contributed by atoms with E-state index in [1.54, 1.807) is 19.4 Å². The summed E-state index contributed by atoms with van der Waals surface area (Å²) < 4.78 is 6.31. The molecule has 1 aromatic rings. The minimum atomic E-state index is -0.240. The van der Waals surface area contributed by atoms with Gasteiger partial charge in [0.25, 0.3) is 0 Å². The van der Waals surface area contributed by atoms with E-state index in [1.165, 1.54) is 0 Å². The van der Waals surface area contributed by atoms with Crippen molar-refractivity contribution in [2.24, 2.45) is 0 Å². The zero-order valence-corrected chi connectivity index (χ0v) is 11.3. The van der Waals surface area contributed by atoms with E-state index in [-0.39, 0.29) is 11.5 Å². The summed E-state index contributed by atoms with van der Waals surface area (Å²) in [7, 11) is 1.67. The number of amides is 1. The van der Waals surface area contributed by atoms with Gasteiger partial charge >= 0.3 is 0 Å². The maximum absolute atomic E-state index is 11.8. The molecule has 5 heteroatoms. The Bertz CT molecular complexity index is 413. The molecule has 1 saturated carbocycles. The van der Waals surface area contributed by atoms with Gasteiger partial charge in [0.05, 0.1) is 12.0 Å². The van der Waals surface area contributed by atoms with Gasteiger partial charge in [-0.05, 0) is 31.4 Å². The maximum Gasteiger partial charge on any atom is 0.228 e. The van der Waals surface area contributed by atoms with Crippen LogP contribution in [0.25, 0.3) is 0 Å². The zero-order valence-electron chi connectivity index (χ0n) is 9.70. The van der Waals surface area contributed by atoms with E-state index in [0.717, 1.165) is 23.7 Å². The number of rotatable bonds is 4. The van der Waals surface area contributed by atoms with Crippen LogP contribution >= 0.6 is 15.9 Å². The first-order valence-corrected chi connectivity index (χ1v) is 6.39. The summed E-state index contributed by atoms with van der Waals surface area (Å²) in [6.07, 6.45) is 5.11. The van der Waals surface area contributed by atoms with Crippen molar-refractivity contribution < 1.29 is 9.53 Å². The van der Waals surface area contributed by atoms with E-state index in [4.69, 9.17) is 4.74 Å². The lowest BCUT2D eigenvalue weighted by molar-refractivity contribution is -0.129. The molecular weight excluding hydrogens is 284 g/mol. The van der Waals surface area contributed by atoms with Crippen molar-refractivity contribution in [3.63, 3.8) is 0 Å². The molecule has 1 N–H and O–H groups in total. The molecule has 1 aliphatic carbocycles. The van der Waals surface area contributed by atoms with Crippen molar-refractivity contribution >= 4 is 27.7 Å². The molecule has 0 bridgehead atoms. The molecule has 0 saturated heterocycles. The number of nitrogens with zero attached hydrogens (tertiary/aromatic N) is 1. The number of nitrogens with one attached hydrogen (secondary N) is 1. The van der Waals surface area contributed by atoms with E-state index in [2.05, 4.69) is 26.2 Å². The Morgan fingerprint density at radius 2 is 2.41 bits per heavy atom. The molecule has 1 amide bonds. The molecule has 0 atom stereocenters. The Balaban J connectivity index is 1.93. The summed E-state index contributed by atoms with van der Waals surface area (Å²) in [5, 5.41) is 2.78. The number of ether oxygens (including phenoxy) is 1. The number of anilines is 1. The first-order chi connectivity index (χ1) is 8.13. The normalized spacial score (nSPS) is 17.3. The fourth-order valence-corrected chi connectivity index (χ4v) is 2.31. The van der Waals surface area contributed by atoms with Crippen LogP contribution in [-0.2, 0) is 9.53 Å². The topological polar surface area (TPSA) is 51.2 Å². The third-order valence-corrected chi connectivity index (χ3v) is 3.66. The number of halogens is 1. The van der Waals surface area contributed by atoms with E-state index in [9.17, 15) is 4.79 Å². The molecular formula is C12H15BrN2O2. The van der Waals surface area contributed by atoms with Crippen LogP contribution in [0.4, 0.5) is 5.82 Å². The minimum Gasteiger partial charge on any atom is -0.378 e. The Morgan fingerprint density at radius 3 is 2.94 bits per heavy atom. The predicted molar refractivity (Wildman–Crippen MR) is 68.8 cm³/mol. The number of methoxy groups -OCH3 is 1. The number of carbonyl (C=O) groups is 1. The first-order valence-electron chi connectivity index (χ1n) is 5.60. The fourth-order valence-electron chi connectivity index (χ4n) is 1.98. The van der Waals surface area contributed by atoms with Gasteiger partial charge in [-0.1, -0.05) is 15.9 Å². The van der Waals surface area contributed by atoms with Gasteiger partial charge < -0.3 is 10.1 Å². The van der Waals surface area contributed by atoms with Gasteiger partial charge in [-0.15, -0.1) is 0 Å². The van der Waals surface area contributed by atoms with Crippen LogP contribution in [0, 0.1) is 0 Å². The van der Waals surface area contributed by atoms with Crippen molar-refractivity contribution in [3.05, 3.63) is 22.8 Å². The molecule has 17 heavy (non-hydrogen) atoms. The lowest BCUT2D eigenvalue weighted by atomic mass is 9.77. The summed E-state index contributed by atoms with van der Waals surface area (Å²) in [6, 6.07) is 3.59. The maximum atomic E-state index is 11.8. The molecule has 1 aromatic heterocycles. The zero-order chi connectivity index (χ0) is 12.3. The lowest BCUT2D eigenvalue weighted by Gasteiger charge is -2.39.